The minimum atomic E-state index is -0.285. The second-order valence-electron chi connectivity index (χ2n) is 3.14. The van der Waals surface area contributed by atoms with Gasteiger partial charge in [-0.25, -0.2) is 4.79 Å². The molecule has 1 heterocycles. The molecule has 4 heteroatoms. The summed E-state index contributed by atoms with van der Waals surface area (Å²) in [5.74, 6) is 0.694. The zero-order chi connectivity index (χ0) is 10.5. The number of ether oxygens (including phenoxy) is 2. The van der Waals surface area contributed by atoms with Crippen LogP contribution in [-0.2, 0) is 9.47 Å². The molecule has 2 rings (SSSR count). The van der Waals surface area contributed by atoms with Gasteiger partial charge in [-0.1, -0.05) is 18.2 Å². The molecular weight excluding hydrogens is 212 g/mol. The van der Waals surface area contributed by atoms with E-state index >= 15 is 0 Å². The van der Waals surface area contributed by atoms with Gasteiger partial charge in [-0.15, -0.1) is 11.8 Å². The van der Waals surface area contributed by atoms with Crippen LogP contribution >= 0.6 is 11.8 Å². The van der Waals surface area contributed by atoms with Crippen molar-refractivity contribution < 1.29 is 14.3 Å². The molecule has 0 radical (unpaired) electrons. The molecule has 15 heavy (non-hydrogen) atoms. The summed E-state index contributed by atoms with van der Waals surface area (Å²) in [4.78, 5) is 11.5. The number of esters is 1. The maximum Gasteiger partial charge on any atom is 0.338 e. The highest BCUT2D eigenvalue weighted by Crippen LogP contribution is 2.19. The Morgan fingerprint density at radius 3 is 2.93 bits per heavy atom. The molecule has 0 bridgehead atoms. The topological polar surface area (TPSA) is 35.5 Å². The van der Waals surface area contributed by atoms with Gasteiger partial charge in [0.15, 0.2) is 0 Å². The van der Waals surface area contributed by atoms with E-state index in [0.29, 0.717) is 12.2 Å². The van der Waals surface area contributed by atoms with Crippen LogP contribution in [0.15, 0.2) is 30.3 Å². The van der Waals surface area contributed by atoms with Gasteiger partial charge in [-0.05, 0) is 12.1 Å². The van der Waals surface area contributed by atoms with Crippen molar-refractivity contribution in [3.05, 3.63) is 35.9 Å². The molecule has 3 nitrogen and oxygen atoms in total. The van der Waals surface area contributed by atoms with E-state index in [1.807, 2.05) is 18.2 Å². The standard InChI is InChI=1S/C11H12O3S/c12-11(9-4-2-1-3-5-9)14-8-10-13-6-7-15-10/h1-5,10H,6-8H2/t10-/m0/s1. The first-order valence-corrected chi connectivity index (χ1v) is 5.86. The fourth-order valence-corrected chi connectivity index (χ4v) is 2.12. The quantitative estimate of drug-likeness (QED) is 0.735. The SMILES string of the molecule is O=C(OC[C@H]1OCCS1)c1ccccc1. The fraction of sp³-hybridized carbons (Fsp3) is 0.364. The lowest BCUT2D eigenvalue weighted by molar-refractivity contribution is 0.0297. The van der Waals surface area contributed by atoms with E-state index in [1.54, 1.807) is 23.9 Å². The summed E-state index contributed by atoms with van der Waals surface area (Å²) in [6, 6.07) is 8.98. The first-order valence-electron chi connectivity index (χ1n) is 4.81. The van der Waals surface area contributed by atoms with Crippen molar-refractivity contribution in [3.63, 3.8) is 0 Å². The van der Waals surface area contributed by atoms with Gasteiger partial charge in [0.2, 0.25) is 0 Å². The molecule has 0 spiro atoms. The van der Waals surface area contributed by atoms with E-state index in [2.05, 4.69) is 0 Å². The number of carbonyl (C=O) groups excluding carboxylic acids is 1. The highest BCUT2D eigenvalue weighted by molar-refractivity contribution is 8.00. The fourth-order valence-electron chi connectivity index (χ4n) is 1.30. The predicted molar refractivity (Wildman–Crippen MR) is 58.9 cm³/mol. The lowest BCUT2D eigenvalue weighted by atomic mass is 10.2. The number of hydrogen-bond donors (Lipinski definition) is 0. The maximum atomic E-state index is 11.5. The van der Waals surface area contributed by atoms with Crippen LogP contribution in [0.5, 0.6) is 0 Å². The van der Waals surface area contributed by atoms with Gasteiger partial charge in [0.1, 0.15) is 12.0 Å². The number of carbonyl (C=O) groups is 1. The van der Waals surface area contributed by atoms with E-state index in [9.17, 15) is 4.79 Å². The Bertz CT molecular complexity index is 320. The van der Waals surface area contributed by atoms with E-state index in [-0.39, 0.29) is 11.4 Å². The van der Waals surface area contributed by atoms with Crippen molar-refractivity contribution in [2.24, 2.45) is 0 Å². The molecule has 1 aliphatic rings. The van der Waals surface area contributed by atoms with Crippen molar-refractivity contribution in [1.82, 2.24) is 0 Å². The normalized spacial score (nSPS) is 20.1. The lowest BCUT2D eigenvalue weighted by Crippen LogP contribution is -2.15. The summed E-state index contributed by atoms with van der Waals surface area (Å²) in [6.07, 6.45) is 0. The van der Waals surface area contributed by atoms with Crippen molar-refractivity contribution in [3.8, 4) is 0 Å². The molecule has 0 amide bonds. The number of thioether (sulfide) groups is 1. The minimum Gasteiger partial charge on any atom is -0.458 e. The van der Waals surface area contributed by atoms with E-state index < -0.39 is 0 Å². The molecule has 1 aromatic rings. The Morgan fingerprint density at radius 2 is 2.27 bits per heavy atom. The van der Waals surface area contributed by atoms with Crippen LogP contribution in [-0.4, -0.2) is 30.4 Å². The average molecular weight is 224 g/mol. The molecular formula is C11H12O3S. The first kappa shape index (κ1) is 10.5. The van der Waals surface area contributed by atoms with E-state index in [0.717, 1.165) is 12.4 Å². The Labute approximate surface area is 92.8 Å². The lowest BCUT2D eigenvalue weighted by Gasteiger charge is -2.09. The van der Waals surface area contributed by atoms with Gasteiger partial charge in [0.05, 0.1) is 12.2 Å². The Morgan fingerprint density at radius 1 is 1.47 bits per heavy atom. The third-order valence-corrected chi connectivity index (χ3v) is 3.10. The Kier molecular flexibility index (Phi) is 3.64. The molecule has 0 saturated carbocycles. The number of hydrogen-bond acceptors (Lipinski definition) is 4. The van der Waals surface area contributed by atoms with Crippen LogP contribution in [0.2, 0.25) is 0 Å². The minimum absolute atomic E-state index is 0.0117. The van der Waals surface area contributed by atoms with Gasteiger partial charge in [0.25, 0.3) is 0 Å². The highest BCUT2D eigenvalue weighted by Gasteiger charge is 2.18. The smallest absolute Gasteiger partial charge is 0.338 e. The monoisotopic (exact) mass is 224 g/mol. The highest BCUT2D eigenvalue weighted by atomic mass is 32.2. The van der Waals surface area contributed by atoms with E-state index in [1.165, 1.54) is 0 Å². The van der Waals surface area contributed by atoms with Gasteiger partial charge in [-0.2, -0.15) is 0 Å². The van der Waals surface area contributed by atoms with Gasteiger partial charge in [0, 0.05) is 5.75 Å². The summed E-state index contributed by atoms with van der Waals surface area (Å²) in [6.45, 7) is 1.08. The van der Waals surface area contributed by atoms with Crippen LogP contribution in [0.3, 0.4) is 0 Å². The molecule has 1 aliphatic heterocycles. The van der Waals surface area contributed by atoms with Crippen molar-refractivity contribution in [1.29, 1.82) is 0 Å². The van der Waals surface area contributed by atoms with Gasteiger partial charge >= 0.3 is 5.97 Å². The maximum absolute atomic E-state index is 11.5. The first-order chi connectivity index (χ1) is 7.36. The summed E-state index contributed by atoms with van der Waals surface area (Å²) in [5, 5.41) is 0. The van der Waals surface area contributed by atoms with Crippen LogP contribution < -0.4 is 0 Å². The second-order valence-corrected chi connectivity index (χ2v) is 4.40. The molecule has 1 fully saturated rings. The summed E-state index contributed by atoms with van der Waals surface area (Å²) >= 11 is 1.68. The molecule has 80 valence electrons. The number of rotatable bonds is 3. The van der Waals surface area contributed by atoms with Crippen LogP contribution in [0.25, 0.3) is 0 Å². The second kappa shape index (κ2) is 5.19. The molecule has 1 saturated heterocycles. The van der Waals surface area contributed by atoms with Crippen molar-refractivity contribution in [2.45, 2.75) is 5.44 Å². The molecule has 0 aliphatic carbocycles. The third-order valence-electron chi connectivity index (χ3n) is 2.05. The van der Waals surface area contributed by atoms with Crippen LogP contribution in [0.4, 0.5) is 0 Å². The molecule has 1 aromatic carbocycles. The largest absolute Gasteiger partial charge is 0.458 e. The Balaban J connectivity index is 1.82. The summed E-state index contributed by atoms with van der Waals surface area (Å²) in [7, 11) is 0. The van der Waals surface area contributed by atoms with Crippen molar-refractivity contribution >= 4 is 17.7 Å². The molecule has 0 N–H and O–H groups in total. The Hall–Kier alpha value is -1.00. The average Bonchev–Trinajstić information content (AvgIpc) is 2.80. The van der Waals surface area contributed by atoms with Crippen molar-refractivity contribution in [2.75, 3.05) is 19.0 Å². The zero-order valence-electron chi connectivity index (χ0n) is 8.22. The van der Waals surface area contributed by atoms with Gasteiger partial charge < -0.3 is 9.47 Å². The zero-order valence-corrected chi connectivity index (χ0v) is 9.03. The van der Waals surface area contributed by atoms with Crippen LogP contribution in [0, 0.1) is 0 Å². The summed E-state index contributed by atoms with van der Waals surface area (Å²) in [5.41, 5.74) is 0.596. The molecule has 1 atom stereocenters. The number of benzene rings is 1. The molecule has 0 unspecified atom stereocenters. The predicted octanol–water partition coefficient (Wildman–Crippen LogP) is 1.93. The van der Waals surface area contributed by atoms with E-state index in [4.69, 9.17) is 9.47 Å². The summed E-state index contributed by atoms with van der Waals surface area (Å²) < 4.78 is 10.5. The van der Waals surface area contributed by atoms with Gasteiger partial charge in [-0.3, -0.25) is 0 Å². The molecule has 0 aromatic heterocycles. The third kappa shape index (κ3) is 2.97. The van der Waals surface area contributed by atoms with Crippen LogP contribution in [0.1, 0.15) is 10.4 Å².